The van der Waals surface area contributed by atoms with Gasteiger partial charge in [-0.1, -0.05) is 45.7 Å². The molecule has 0 aliphatic heterocycles. The lowest BCUT2D eigenvalue weighted by molar-refractivity contribution is -0.141. The first kappa shape index (κ1) is 19.2. The van der Waals surface area contributed by atoms with Gasteiger partial charge in [-0.05, 0) is 36.6 Å². The van der Waals surface area contributed by atoms with E-state index in [-0.39, 0.29) is 12.3 Å². The maximum absolute atomic E-state index is 12.0. The molecule has 5 heteroatoms. The lowest BCUT2D eigenvalue weighted by Crippen LogP contribution is -2.40. The van der Waals surface area contributed by atoms with Gasteiger partial charge in [0.1, 0.15) is 6.04 Å². The standard InChI is InChI=1S/C18H28N2O3/c1-4-5-6-11-19-16(18(22)23)12-17(21)20-15-9-7-14(8-10-15)13(2)3/h7-10,13,16,19H,4-6,11-12H2,1-3H3,(H,20,21)(H,22,23). The van der Waals surface area contributed by atoms with Crippen LogP contribution >= 0.6 is 0 Å². The summed E-state index contributed by atoms with van der Waals surface area (Å²) in [7, 11) is 0. The number of amides is 1. The number of hydrogen-bond donors (Lipinski definition) is 3. The molecule has 0 radical (unpaired) electrons. The van der Waals surface area contributed by atoms with E-state index >= 15 is 0 Å². The predicted octanol–water partition coefficient (Wildman–Crippen LogP) is 3.37. The van der Waals surface area contributed by atoms with Crippen molar-refractivity contribution in [3.63, 3.8) is 0 Å². The zero-order valence-corrected chi connectivity index (χ0v) is 14.3. The van der Waals surface area contributed by atoms with Crippen molar-refractivity contribution in [2.24, 2.45) is 0 Å². The molecule has 1 rings (SSSR count). The van der Waals surface area contributed by atoms with E-state index in [0.29, 0.717) is 18.2 Å². The molecule has 0 heterocycles. The number of benzene rings is 1. The topological polar surface area (TPSA) is 78.4 Å². The van der Waals surface area contributed by atoms with Crippen molar-refractivity contribution in [3.8, 4) is 0 Å². The number of carbonyl (C=O) groups excluding carboxylic acids is 1. The van der Waals surface area contributed by atoms with Crippen LogP contribution in [0.1, 0.15) is 57.9 Å². The normalized spacial score (nSPS) is 12.2. The van der Waals surface area contributed by atoms with E-state index in [9.17, 15) is 14.7 Å². The first-order valence-corrected chi connectivity index (χ1v) is 8.30. The fraction of sp³-hybridized carbons (Fsp3) is 0.556. The molecule has 3 N–H and O–H groups in total. The number of carboxylic acid groups (broad SMARTS) is 1. The van der Waals surface area contributed by atoms with Crippen molar-refractivity contribution in [2.45, 2.75) is 58.4 Å². The number of carbonyl (C=O) groups is 2. The number of aliphatic carboxylic acids is 1. The molecule has 0 fully saturated rings. The number of rotatable bonds is 10. The Balaban J connectivity index is 2.49. The molecule has 0 aromatic heterocycles. The van der Waals surface area contributed by atoms with Crippen LogP contribution in [0.2, 0.25) is 0 Å². The number of carboxylic acids is 1. The highest BCUT2D eigenvalue weighted by Gasteiger charge is 2.20. The van der Waals surface area contributed by atoms with Gasteiger partial charge in [-0.15, -0.1) is 0 Å². The fourth-order valence-electron chi connectivity index (χ4n) is 2.25. The van der Waals surface area contributed by atoms with E-state index in [2.05, 4.69) is 31.4 Å². The van der Waals surface area contributed by atoms with E-state index in [1.807, 2.05) is 24.3 Å². The highest BCUT2D eigenvalue weighted by atomic mass is 16.4. The van der Waals surface area contributed by atoms with Gasteiger partial charge < -0.3 is 15.7 Å². The second-order valence-electron chi connectivity index (χ2n) is 6.08. The van der Waals surface area contributed by atoms with Gasteiger partial charge >= 0.3 is 5.97 Å². The third-order valence-electron chi connectivity index (χ3n) is 3.72. The molecule has 128 valence electrons. The van der Waals surface area contributed by atoms with Gasteiger partial charge in [0, 0.05) is 5.69 Å². The summed E-state index contributed by atoms with van der Waals surface area (Å²) in [5, 5.41) is 14.9. The number of hydrogen-bond acceptors (Lipinski definition) is 3. The van der Waals surface area contributed by atoms with E-state index in [0.717, 1.165) is 19.3 Å². The SMILES string of the molecule is CCCCCNC(CC(=O)Nc1ccc(C(C)C)cc1)C(=O)O. The maximum atomic E-state index is 12.0. The summed E-state index contributed by atoms with van der Waals surface area (Å²) in [6, 6.07) is 6.78. The second-order valence-corrected chi connectivity index (χ2v) is 6.08. The molecule has 0 saturated carbocycles. The third-order valence-corrected chi connectivity index (χ3v) is 3.72. The molecule has 0 aliphatic rings. The monoisotopic (exact) mass is 320 g/mol. The van der Waals surface area contributed by atoms with Crippen LogP contribution in [0.4, 0.5) is 5.69 Å². The zero-order valence-electron chi connectivity index (χ0n) is 14.3. The van der Waals surface area contributed by atoms with E-state index in [1.165, 1.54) is 5.56 Å². The number of unbranched alkanes of at least 4 members (excludes halogenated alkanes) is 2. The van der Waals surface area contributed by atoms with Crippen LogP contribution in [0.15, 0.2) is 24.3 Å². The van der Waals surface area contributed by atoms with Gasteiger partial charge in [-0.25, -0.2) is 0 Å². The highest BCUT2D eigenvalue weighted by molar-refractivity contribution is 5.94. The Bertz CT molecular complexity index is 497. The zero-order chi connectivity index (χ0) is 17.2. The summed E-state index contributed by atoms with van der Waals surface area (Å²) >= 11 is 0. The maximum Gasteiger partial charge on any atom is 0.321 e. The molecule has 1 aromatic rings. The third kappa shape index (κ3) is 7.28. The first-order valence-electron chi connectivity index (χ1n) is 8.30. The van der Waals surface area contributed by atoms with Crippen LogP contribution in [0, 0.1) is 0 Å². The lowest BCUT2D eigenvalue weighted by atomic mass is 10.0. The molecule has 0 saturated heterocycles. The van der Waals surface area contributed by atoms with Gasteiger partial charge in [0.25, 0.3) is 0 Å². The minimum absolute atomic E-state index is 0.0760. The summed E-state index contributed by atoms with van der Waals surface area (Å²) < 4.78 is 0. The Morgan fingerprint density at radius 2 is 1.78 bits per heavy atom. The van der Waals surface area contributed by atoms with Gasteiger partial charge in [0.15, 0.2) is 0 Å². The van der Waals surface area contributed by atoms with Crippen LogP contribution in [-0.4, -0.2) is 29.6 Å². The van der Waals surface area contributed by atoms with Gasteiger partial charge in [-0.3, -0.25) is 9.59 Å². The van der Waals surface area contributed by atoms with Crippen molar-refractivity contribution in [3.05, 3.63) is 29.8 Å². The fourth-order valence-corrected chi connectivity index (χ4v) is 2.25. The highest BCUT2D eigenvalue weighted by Crippen LogP contribution is 2.17. The van der Waals surface area contributed by atoms with Crippen LogP contribution < -0.4 is 10.6 Å². The molecule has 5 nitrogen and oxygen atoms in total. The van der Waals surface area contributed by atoms with Crippen LogP contribution in [0.5, 0.6) is 0 Å². The van der Waals surface area contributed by atoms with Gasteiger partial charge in [-0.2, -0.15) is 0 Å². The van der Waals surface area contributed by atoms with Crippen LogP contribution in [0.25, 0.3) is 0 Å². The Kier molecular flexibility index (Phi) is 8.33. The van der Waals surface area contributed by atoms with Crippen molar-refractivity contribution < 1.29 is 14.7 Å². The van der Waals surface area contributed by atoms with Crippen molar-refractivity contribution in [1.82, 2.24) is 5.32 Å². The molecule has 0 bridgehead atoms. The predicted molar refractivity (Wildman–Crippen MR) is 92.7 cm³/mol. The van der Waals surface area contributed by atoms with Crippen molar-refractivity contribution >= 4 is 17.6 Å². The minimum Gasteiger partial charge on any atom is -0.480 e. The average molecular weight is 320 g/mol. The molecule has 0 aliphatic carbocycles. The molecule has 1 unspecified atom stereocenters. The van der Waals surface area contributed by atoms with E-state index in [4.69, 9.17) is 0 Å². The Hall–Kier alpha value is -1.88. The van der Waals surface area contributed by atoms with Gasteiger partial charge in [0.05, 0.1) is 6.42 Å². The van der Waals surface area contributed by atoms with Gasteiger partial charge in [0.2, 0.25) is 5.91 Å². The summed E-state index contributed by atoms with van der Waals surface area (Å²) in [6.45, 7) is 6.92. The smallest absolute Gasteiger partial charge is 0.321 e. The Morgan fingerprint density at radius 3 is 2.30 bits per heavy atom. The molecule has 1 aromatic carbocycles. The number of anilines is 1. The Labute approximate surface area is 138 Å². The first-order chi connectivity index (χ1) is 10.9. The average Bonchev–Trinajstić information content (AvgIpc) is 2.50. The molecular formula is C18H28N2O3. The summed E-state index contributed by atoms with van der Waals surface area (Å²) in [5.41, 5.74) is 1.89. The van der Waals surface area contributed by atoms with Crippen LogP contribution in [-0.2, 0) is 9.59 Å². The minimum atomic E-state index is -0.994. The largest absolute Gasteiger partial charge is 0.480 e. The molecule has 1 atom stereocenters. The van der Waals surface area contributed by atoms with E-state index in [1.54, 1.807) is 0 Å². The molecular weight excluding hydrogens is 292 g/mol. The molecule has 23 heavy (non-hydrogen) atoms. The summed E-state index contributed by atoms with van der Waals surface area (Å²) in [6.07, 6.45) is 2.96. The number of nitrogens with one attached hydrogen (secondary N) is 2. The van der Waals surface area contributed by atoms with Crippen molar-refractivity contribution in [2.75, 3.05) is 11.9 Å². The van der Waals surface area contributed by atoms with E-state index < -0.39 is 12.0 Å². The Morgan fingerprint density at radius 1 is 1.13 bits per heavy atom. The quantitative estimate of drug-likeness (QED) is 0.578. The summed E-state index contributed by atoms with van der Waals surface area (Å²) in [5.74, 6) is -0.854. The molecule has 0 spiro atoms. The second kappa shape index (κ2) is 10.0. The molecule has 1 amide bonds. The van der Waals surface area contributed by atoms with Crippen LogP contribution in [0.3, 0.4) is 0 Å². The lowest BCUT2D eigenvalue weighted by Gasteiger charge is -2.14. The van der Waals surface area contributed by atoms with Crippen molar-refractivity contribution in [1.29, 1.82) is 0 Å². The summed E-state index contributed by atoms with van der Waals surface area (Å²) in [4.78, 5) is 23.2.